The number of nitrogens with zero attached hydrogens (tertiary/aromatic N) is 1. The van der Waals surface area contributed by atoms with Crippen LogP contribution in [0.4, 0.5) is 11.4 Å². The summed E-state index contributed by atoms with van der Waals surface area (Å²) >= 11 is 5.84. The number of methoxy groups -OCH3 is 1. The molecule has 0 saturated carbocycles. The van der Waals surface area contributed by atoms with Crippen molar-refractivity contribution in [1.29, 1.82) is 0 Å². The van der Waals surface area contributed by atoms with Crippen LogP contribution in [-0.2, 0) is 10.0 Å². The van der Waals surface area contributed by atoms with Crippen LogP contribution in [0.2, 0.25) is 5.02 Å². The Morgan fingerprint density at radius 2 is 1.82 bits per heavy atom. The fraction of sp³-hybridized carbons (Fsp3) is 0.0769. The summed E-state index contributed by atoms with van der Waals surface area (Å²) in [6.07, 6.45) is 0. The molecule has 0 fully saturated rings. The Bertz CT molecular complexity index is 806. The minimum atomic E-state index is -3.92. The van der Waals surface area contributed by atoms with Gasteiger partial charge in [0.05, 0.1) is 22.6 Å². The zero-order chi connectivity index (χ0) is 16.3. The molecule has 0 bridgehead atoms. The number of rotatable bonds is 5. The maximum Gasteiger partial charge on any atom is 0.269 e. The van der Waals surface area contributed by atoms with Crippen LogP contribution in [-0.4, -0.2) is 20.5 Å². The van der Waals surface area contributed by atoms with Crippen molar-refractivity contribution in [2.24, 2.45) is 0 Å². The third kappa shape index (κ3) is 3.46. The Morgan fingerprint density at radius 1 is 1.18 bits per heavy atom. The lowest BCUT2D eigenvalue weighted by Crippen LogP contribution is -2.13. The molecule has 0 unspecified atom stereocenters. The van der Waals surface area contributed by atoms with Gasteiger partial charge in [-0.2, -0.15) is 0 Å². The Kier molecular flexibility index (Phi) is 4.53. The SMILES string of the molecule is COc1ccc(Cl)cc1NS(=O)(=O)c1ccc([N+](=O)[O-])cc1. The van der Waals surface area contributed by atoms with Gasteiger partial charge in [0, 0.05) is 17.2 Å². The van der Waals surface area contributed by atoms with Crippen LogP contribution < -0.4 is 9.46 Å². The van der Waals surface area contributed by atoms with Crippen molar-refractivity contribution in [3.8, 4) is 5.75 Å². The summed E-state index contributed by atoms with van der Waals surface area (Å²) in [5, 5.41) is 10.9. The maximum atomic E-state index is 12.3. The third-order valence-electron chi connectivity index (χ3n) is 2.76. The van der Waals surface area contributed by atoms with E-state index < -0.39 is 14.9 Å². The number of nitro groups is 1. The summed E-state index contributed by atoms with van der Waals surface area (Å²) in [5.74, 6) is 0.301. The van der Waals surface area contributed by atoms with Crippen molar-refractivity contribution in [3.63, 3.8) is 0 Å². The first-order valence-corrected chi connectivity index (χ1v) is 7.80. The smallest absolute Gasteiger partial charge is 0.269 e. The number of halogens is 1. The third-order valence-corrected chi connectivity index (χ3v) is 4.38. The average Bonchev–Trinajstić information content (AvgIpc) is 2.47. The lowest BCUT2D eigenvalue weighted by atomic mass is 10.3. The highest BCUT2D eigenvalue weighted by Crippen LogP contribution is 2.30. The normalized spacial score (nSPS) is 11.0. The Morgan fingerprint density at radius 3 is 2.36 bits per heavy atom. The minimum absolute atomic E-state index is 0.111. The molecule has 116 valence electrons. The molecule has 2 aromatic rings. The van der Waals surface area contributed by atoms with E-state index in [4.69, 9.17) is 16.3 Å². The molecule has 0 radical (unpaired) electrons. The van der Waals surface area contributed by atoms with Gasteiger partial charge in [0.15, 0.2) is 0 Å². The van der Waals surface area contributed by atoms with Crippen molar-refractivity contribution in [2.75, 3.05) is 11.8 Å². The van der Waals surface area contributed by atoms with Crippen molar-refractivity contribution >= 4 is 33.0 Å². The number of hydrogen-bond acceptors (Lipinski definition) is 5. The van der Waals surface area contributed by atoms with Crippen LogP contribution >= 0.6 is 11.6 Å². The fourth-order valence-corrected chi connectivity index (χ4v) is 2.94. The first-order valence-electron chi connectivity index (χ1n) is 5.94. The highest BCUT2D eigenvalue weighted by atomic mass is 35.5. The molecule has 7 nitrogen and oxygen atoms in total. The molecule has 0 amide bonds. The second kappa shape index (κ2) is 6.20. The fourth-order valence-electron chi connectivity index (χ4n) is 1.71. The number of anilines is 1. The molecule has 0 aliphatic rings. The zero-order valence-corrected chi connectivity index (χ0v) is 12.9. The molecule has 22 heavy (non-hydrogen) atoms. The maximum absolute atomic E-state index is 12.3. The van der Waals surface area contributed by atoms with Crippen LogP contribution in [0.25, 0.3) is 0 Å². The Balaban J connectivity index is 2.35. The van der Waals surface area contributed by atoms with Gasteiger partial charge in [-0.3, -0.25) is 14.8 Å². The molecule has 0 aliphatic carbocycles. The second-order valence-corrected chi connectivity index (χ2v) is 6.32. The molecule has 1 N–H and O–H groups in total. The molecule has 0 saturated heterocycles. The molecule has 0 spiro atoms. The quantitative estimate of drug-likeness (QED) is 0.665. The van der Waals surface area contributed by atoms with E-state index in [1.54, 1.807) is 6.07 Å². The van der Waals surface area contributed by atoms with Gasteiger partial charge in [-0.1, -0.05) is 11.6 Å². The monoisotopic (exact) mass is 342 g/mol. The van der Waals surface area contributed by atoms with Gasteiger partial charge < -0.3 is 4.74 Å². The topological polar surface area (TPSA) is 98.5 Å². The van der Waals surface area contributed by atoms with Gasteiger partial charge in [-0.15, -0.1) is 0 Å². The predicted octanol–water partition coefficient (Wildman–Crippen LogP) is 3.06. The average molecular weight is 343 g/mol. The highest BCUT2D eigenvalue weighted by molar-refractivity contribution is 7.92. The van der Waals surface area contributed by atoms with E-state index in [0.29, 0.717) is 10.8 Å². The van der Waals surface area contributed by atoms with E-state index in [0.717, 1.165) is 24.3 Å². The Labute approximate surface area is 131 Å². The van der Waals surface area contributed by atoms with Gasteiger partial charge in [-0.25, -0.2) is 8.42 Å². The summed E-state index contributed by atoms with van der Waals surface area (Å²) < 4.78 is 32.0. The predicted molar refractivity (Wildman–Crippen MR) is 81.9 cm³/mol. The summed E-state index contributed by atoms with van der Waals surface area (Å²) in [5.41, 5.74) is -0.0207. The molecule has 0 heterocycles. The first kappa shape index (κ1) is 16.1. The molecular weight excluding hydrogens is 332 g/mol. The lowest BCUT2D eigenvalue weighted by molar-refractivity contribution is -0.384. The van der Waals surface area contributed by atoms with E-state index in [9.17, 15) is 18.5 Å². The number of non-ortho nitro benzene ring substituents is 1. The van der Waals surface area contributed by atoms with E-state index in [2.05, 4.69) is 4.72 Å². The van der Waals surface area contributed by atoms with Crippen molar-refractivity contribution in [1.82, 2.24) is 0 Å². The van der Waals surface area contributed by atoms with E-state index in [1.165, 1.54) is 19.2 Å². The molecule has 0 aromatic heterocycles. The van der Waals surface area contributed by atoms with Gasteiger partial charge in [-0.05, 0) is 30.3 Å². The molecule has 2 aromatic carbocycles. The van der Waals surface area contributed by atoms with E-state index in [1.807, 2.05) is 0 Å². The number of ether oxygens (including phenoxy) is 1. The Hall–Kier alpha value is -2.32. The van der Waals surface area contributed by atoms with E-state index >= 15 is 0 Å². The van der Waals surface area contributed by atoms with Gasteiger partial charge in [0.2, 0.25) is 0 Å². The van der Waals surface area contributed by atoms with Crippen molar-refractivity contribution < 1.29 is 18.1 Å². The molecular formula is C13H11ClN2O5S. The highest BCUT2D eigenvalue weighted by Gasteiger charge is 2.18. The standard InChI is InChI=1S/C13H11ClN2O5S/c1-21-13-7-2-9(14)8-12(13)15-22(19,20)11-5-3-10(4-6-11)16(17)18/h2-8,15H,1H3. The minimum Gasteiger partial charge on any atom is -0.495 e. The summed E-state index contributed by atoms with van der Waals surface area (Å²) in [7, 11) is -2.52. The van der Waals surface area contributed by atoms with E-state index in [-0.39, 0.29) is 16.3 Å². The molecule has 9 heteroatoms. The summed E-state index contributed by atoms with van der Waals surface area (Å²) in [4.78, 5) is 9.86. The number of benzene rings is 2. The van der Waals surface area contributed by atoms with Gasteiger partial charge >= 0.3 is 0 Å². The van der Waals surface area contributed by atoms with Gasteiger partial charge in [0.1, 0.15) is 5.75 Å². The van der Waals surface area contributed by atoms with Crippen LogP contribution in [0.3, 0.4) is 0 Å². The number of hydrogen-bond donors (Lipinski definition) is 1. The van der Waals surface area contributed by atoms with Crippen LogP contribution in [0.1, 0.15) is 0 Å². The lowest BCUT2D eigenvalue weighted by Gasteiger charge is -2.12. The largest absolute Gasteiger partial charge is 0.495 e. The van der Waals surface area contributed by atoms with Crippen LogP contribution in [0, 0.1) is 10.1 Å². The van der Waals surface area contributed by atoms with Gasteiger partial charge in [0.25, 0.3) is 15.7 Å². The van der Waals surface area contributed by atoms with Crippen LogP contribution in [0.5, 0.6) is 5.75 Å². The van der Waals surface area contributed by atoms with Crippen molar-refractivity contribution in [3.05, 3.63) is 57.6 Å². The number of nitro benzene ring substituents is 1. The number of nitrogens with one attached hydrogen (secondary N) is 1. The second-order valence-electron chi connectivity index (χ2n) is 4.20. The van der Waals surface area contributed by atoms with Crippen molar-refractivity contribution in [2.45, 2.75) is 4.90 Å². The summed E-state index contributed by atoms with van der Waals surface area (Å²) in [6, 6.07) is 9.02. The summed E-state index contributed by atoms with van der Waals surface area (Å²) in [6.45, 7) is 0. The van der Waals surface area contributed by atoms with Crippen LogP contribution in [0.15, 0.2) is 47.4 Å². The molecule has 0 atom stereocenters. The zero-order valence-electron chi connectivity index (χ0n) is 11.3. The number of sulfonamides is 1. The molecule has 2 rings (SSSR count). The first-order chi connectivity index (χ1) is 10.3. The molecule has 0 aliphatic heterocycles.